The number of esters is 1. The van der Waals surface area contributed by atoms with Gasteiger partial charge in [0.2, 0.25) is 5.91 Å². The fourth-order valence-electron chi connectivity index (χ4n) is 9.65. The summed E-state index contributed by atoms with van der Waals surface area (Å²) >= 11 is 0. The van der Waals surface area contributed by atoms with E-state index in [2.05, 4.69) is 26.1 Å². The minimum Gasteiger partial charge on any atom is -0.481 e. The van der Waals surface area contributed by atoms with Crippen molar-refractivity contribution in [2.75, 3.05) is 7.11 Å². The number of aliphatic hydroxyl groups is 2. The maximum absolute atomic E-state index is 12.6. The SMILES string of the molecule is COC(=O)CCC(C)[C@H]1CC[C@H]2[C@@H]3[C@H](O)C[C@@H]4C[C@@H](NC(=O)C(N)CCC(=O)O)CC[C@]4(C)[C@H]3C[C@H](O)[C@]12C.Cl. The summed E-state index contributed by atoms with van der Waals surface area (Å²) in [7, 11) is 1.42. The molecule has 0 aromatic carbocycles. The van der Waals surface area contributed by atoms with Gasteiger partial charge in [0, 0.05) is 18.9 Å². The highest BCUT2D eigenvalue weighted by molar-refractivity contribution is 5.85. The number of carboxylic acid groups (broad SMARTS) is 1. The number of carboxylic acids is 1. The predicted molar refractivity (Wildman–Crippen MR) is 152 cm³/mol. The minimum absolute atomic E-state index is 0. The number of halogens is 1. The lowest BCUT2D eigenvalue weighted by molar-refractivity contribution is -0.202. The van der Waals surface area contributed by atoms with E-state index in [1.54, 1.807) is 0 Å². The zero-order valence-electron chi connectivity index (χ0n) is 24.5. The van der Waals surface area contributed by atoms with Gasteiger partial charge in [0.1, 0.15) is 0 Å². The van der Waals surface area contributed by atoms with Gasteiger partial charge in [-0.1, -0.05) is 20.8 Å². The Hall–Kier alpha value is -1.42. The van der Waals surface area contributed by atoms with Crippen LogP contribution in [0.15, 0.2) is 0 Å². The maximum Gasteiger partial charge on any atom is 0.305 e. The van der Waals surface area contributed by atoms with Crippen molar-refractivity contribution in [3.8, 4) is 0 Å². The van der Waals surface area contributed by atoms with Gasteiger partial charge >= 0.3 is 11.9 Å². The Kier molecular flexibility index (Phi) is 10.6. The second kappa shape index (κ2) is 12.8. The second-order valence-electron chi connectivity index (χ2n) is 13.7. The summed E-state index contributed by atoms with van der Waals surface area (Å²) < 4.78 is 4.85. The Morgan fingerprint density at radius 3 is 2.38 bits per heavy atom. The standard InChI is InChI=1S/C30H50N2O7.ClH/c1-16(5-10-26(37)39-4)19-6-7-20-27-21(15-24(34)30(19,20)3)29(2)12-11-18(13-17(29)14-23(27)33)32-28(38)22(31)8-9-25(35)36;/h16-24,27,33-34H,5-15,31H2,1-4H3,(H,32,38)(H,35,36);1H/t16?,17-,18-,19+,20-,21-,22?,23+,24-,27-,29-,30+;/m0./s1. The first-order valence-corrected chi connectivity index (χ1v) is 15.0. The van der Waals surface area contributed by atoms with Gasteiger partial charge < -0.3 is 31.1 Å². The average molecular weight is 587 g/mol. The van der Waals surface area contributed by atoms with Crippen LogP contribution in [0.25, 0.3) is 0 Å². The van der Waals surface area contributed by atoms with E-state index in [1.807, 2.05) is 0 Å². The third kappa shape index (κ3) is 6.04. The quantitative estimate of drug-likeness (QED) is 0.257. The number of aliphatic hydroxyl groups excluding tert-OH is 2. The number of methoxy groups -OCH3 is 1. The van der Waals surface area contributed by atoms with Crippen molar-refractivity contribution in [3.63, 3.8) is 0 Å². The maximum atomic E-state index is 12.6. The number of hydrogen-bond donors (Lipinski definition) is 5. The zero-order valence-corrected chi connectivity index (χ0v) is 25.3. The molecular weight excluding hydrogens is 536 g/mol. The first kappa shape index (κ1) is 33.1. The van der Waals surface area contributed by atoms with Crippen LogP contribution in [-0.2, 0) is 19.1 Å². The van der Waals surface area contributed by atoms with E-state index in [0.29, 0.717) is 25.2 Å². The molecule has 4 aliphatic rings. The Balaban J connectivity index is 0.00000441. The van der Waals surface area contributed by atoms with Gasteiger partial charge in [-0.3, -0.25) is 14.4 Å². The fraction of sp³-hybridized carbons (Fsp3) is 0.900. The first-order chi connectivity index (χ1) is 18.3. The van der Waals surface area contributed by atoms with Crippen molar-refractivity contribution in [1.29, 1.82) is 0 Å². The Labute approximate surface area is 244 Å². The first-order valence-electron chi connectivity index (χ1n) is 15.0. The molecule has 4 saturated carbocycles. The highest BCUT2D eigenvalue weighted by Gasteiger charge is 2.65. The molecule has 0 bridgehead atoms. The van der Waals surface area contributed by atoms with E-state index in [-0.39, 0.29) is 83.6 Å². The molecule has 0 radical (unpaired) electrons. The highest BCUT2D eigenvalue weighted by atomic mass is 35.5. The van der Waals surface area contributed by atoms with Crippen LogP contribution < -0.4 is 11.1 Å². The fourth-order valence-corrected chi connectivity index (χ4v) is 9.65. The molecule has 10 heteroatoms. The monoisotopic (exact) mass is 586 g/mol. The molecule has 0 saturated heterocycles. The van der Waals surface area contributed by atoms with E-state index in [0.717, 1.165) is 38.5 Å². The number of ether oxygens (including phenoxy) is 1. The topological polar surface area (TPSA) is 159 Å². The molecule has 230 valence electrons. The molecule has 1 amide bonds. The number of nitrogens with two attached hydrogens (primary N) is 1. The summed E-state index contributed by atoms with van der Waals surface area (Å²) in [6.07, 6.45) is 6.08. The van der Waals surface area contributed by atoms with E-state index in [9.17, 15) is 24.6 Å². The Morgan fingerprint density at radius 2 is 1.73 bits per heavy atom. The number of fused-ring (bicyclic) bond motifs is 5. The van der Waals surface area contributed by atoms with E-state index >= 15 is 0 Å². The van der Waals surface area contributed by atoms with Crippen LogP contribution in [-0.4, -0.2) is 64.6 Å². The summed E-state index contributed by atoms with van der Waals surface area (Å²) in [6, 6.07) is -0.882. The van der Waals surface area contributed by atoms with E-state index in [4.69, 9.17) is 15.6 Å². The van der Waals surface area contributed by atoms with Crippen LogP contribution in [0.2, 0.25) is 0 Å². The van der Waals surface area contributed by atoms with Gasteiger partial charge in [-0.2, -0.15) is 0 Å². The van der Waals surface area contributed by atoms with Gasteiger partial charge in [0.25, 0.3) is 0 Å². The molecule has 40 heavy (non-hydrogen) atoms. The zero-order chi connectivity index (χ0) is 28.7. The molecule has 0 heterocycles. The highest BCUT2D eigenvalue weighted by Crippen LogP contribution is 2.68. The van der Waals surface area contributed by atoms with Gasteiger partial charge in [0.05, 0.1) is 25.4 Å². The van der Waals surface area contributed by atoms with Gasteiger partial charge in [-0.15, -0.1) is 12.4 Å². The molecule has 2 unspecified atom stereocenters. The number of rotatable bonds is 9. The summed E-state index contributed by atoms with van der Waals surface area (Å²) in [4.78, 5) is 35.2. The van der Waals surface area contributed by atoms with Crippen molar-refractivity contribution >= 4 is 30.3 Å². The number of carbonyl (C=O) groups is 3. The van der Waals surface area contributed by atoms with E-state index < -0.39 is 24.2 Å². The molecule has 9 nitrogen and oxygen atoms in total. The molecule has 0 aromatic rings. The van der Waals surface area contributed by atoms with Crippen LogP contribution in [0.5, 0.6) is 0 Å². The van der Waals surface area contributed by atoms with Gasteiger partial charge in [-0.05, 0) is 104 Å². The number of nitrogens with one attached hydrogen (secondary N) is 1. The van der Waals surface area contributed by atoms with Crippen molar-refractivity contribution < 1.29 is 34.4 Å². The number of aliphatic carboxylic acids is 1. The summed E-state index contributed by atoms with van der Waals surface area (Å²) in [6.45, 7) is 6.75. The predicted octanol–water partition coefficient (Wildman–Crippen LogP) is 3.27. The van der Waals surface area contributed by atoms with Crippen LogP contribution in [0.4, 0.5) is 0 Å². The molecule has 4 rings (SSSR count). The molecule has 0 aliphatic heterocycles. The Morgan fingerprint density at radius 1 is 1.02 bits per heavy atom. The van der Waals surface area contributed by atoms with Crippen molar-refractivity contribution in [2.24, 2.45) is 52.1 Å². The van der Waals surface area contributed by atoms with E-state index in [1.165, 1.54) is 7.11 Å². The number of carbonyl (C=O) groups excluding carboxylic acids is 2. The molecule has 0 spiro atoms. The second-order valence-corrected chi connectivity index (χ2v) is 13.7. The average Bonchev–Trinajstić information content (AvgIpc) is 3.25. The molecule has 12 atom stereocenters. The van der Waals surface area contributed by atoms with Crippen LogP contribution >= 0.6 is 12.4 Å². The van der Waals surface area contributed by atoms with Crippen LogP contribution in [0.3, 0.4) is 0 Å². The van der Waals surface area contributed by atoms with Crippen molar-refractivity contribution in [2.45, 2.75) is 116 Å². The summed E-state index contributed by atoms with van der Waals surface area (Å²) in [5.41, 5.74) is 5.63. The van der Waals surface area contributed by atoms with Gasteiger partial charge in [0.15, 0.2) is 0 Å². The largest absolute Gasteiger partial charge is 0.481 e. The molecular formula is C30H51ClN2O7. The lowest BCUT2D eigenvalue weighted by atomic mass is 9.43. The summed E-state index contributed by atoms with van der Waals surface area (Å²) in [5.74, 6) is -0.0291. The molecule has 4 fully saturated rings. The lowest BCUT2D eigenvalue weighted by Crippen LogP contribution is -2.63. The van der Waals surface area contributed by atoms with Crippen molar-refractivity contribution in [3.05, 3.63) is 0 Å². The van der Waals surface area contributed by atoms with Gasteiger partial charge in [-0.25, -0.2) is 0 Å². The van der Waals surface area contributed by atoms with Crippen molar-refractivity contribution in [1.82, 2.24) is 5.32 Å². The smallest absolute Gasteiger partial charge is 0.305 e. The third-order valence-electron chi connectivity index (χ3n) is 11.9. The summed E-state index contributed by atoms with van der Waals surface area (Å²) in [5, 5.41) is 35.3. The Bertz CT molecular complexity index is 936. The van der Waals surface area contributed by atoms with Crippen LogP contribution in [0, 0.1) is 46.3 Å². The molecule has 6 N–H and O–H groups in total. The number of amides is 1. The molecule has 4 aliphatic carbocycles. The van der Waals surface area contributed by atoms with Crippen LogP contribution in [0.1, 0.15) is 91.4 Å². The number of hydrogen-bond acceptors (Lipinski definition) is 7. The third-order valence-corrected chi connectivity index (χ3v) is 11.9. The normalized spacial score (nSPS) is 41.8. The lowest BCUT2D eigenvalue weighted by Gasteiger charge is -2.63. The molecule has 0 aromatic heterocycles. The minimum atomic E-state index is -0.965.